The van der Waals surface area contributed by atoms with E-state index in [1.807, 2.05) is 0 Å². The van der Waals surface area contributed by atoms with Gasteiger partial charge in [-0.25, -0.2) is 0 Å². The second-order valence-corrected chi connectivity index (χ2v) is 5.28. The molecule has 0 heterocycles. The smallest absolute Gasteiger partial charge is 0.0623 e. The summed E-state index contributed by atoms with van der Waals surface area (Å²) in [5.74, 6) is 0. The van der Waals surface area contributed by atoms with Gasteiger partial charge in [0.15, 0.2) is 0 Å². The molecule has 2 saturated carbocycles. The normalized spacial score (nSPS) is 26.6. The van der Waals surface area contributed by atoms with Crippen LogP contribution in [-0.4, -0.2) is 47.8 Å². The van der Waals surface area contributed by atoms with Gasteiger partial charge in [0.25, 0.3) is 0 Å². The molecule has 82 valence electrons. The highest BCUT2D eigenvalue weighted by Gasteiger charge is 2.36. The van der Waals surface area contributed by atoms with E-state index in [1.165, 1.54) is 25.7 Å². The molecule has 0 amide bonds. The van der Waals surface area contributed by atoms with Gasteiger partial charge in [-0.05, 0) is 39.7 Å². The number of nitrogens with zero attached hydrogens (tertiary/aromatic N) is 1. The van der Waals surface area contributed by atoms with Gasteiger partial charge in [0, 0.05) is 18.6 Å². The number of aliphatic hydroxyl groups is 1. The number of nitrogens with one attached hydrogen (secondary N) is 1. The number of hydrogen-bond donors (Lipinski definition) is 2. The van der Waals surface area contributed by atoms with Crippen molar-refractivity contribution in [2.45, 2.75) is 50.2 Å². The molecular weight excluding hydrogens is 176 g/mol. The van der Waals surface area contributed by atoms with Crippen LogP contribution in [0.2, 0.25) is 0 Å². The molecule has 2 fully saturated rings. The molecule has 1 atom stereocenters. The van der Waals surface area contributed by atoms with Crippen LogP contribution in [0.25, 0.3) is 0 Å². The molecular formula is C11H22N2O. The first-order chi connectivity index (χ1) is 6.63. The number of likely N-dealkylation sites (N-methyl/N-ethyl adjacent to an activating group) is 1. The van der Waals surface area contributed by atoms with Crippen LogP contribution in [0.5, 0.6) is 0 Å². The Morgan fingerprint density at radius 1 is 1.36 bits per heavy atom. The zero-order valence-electron chi connectivity index (χ0n) is 9.29. The lowest BCUT2D eigenvalue weighted by Gasteiger charge is -2.33. The van der Waals surface area contributed by atoms with Gasteiger partial charge in [0.05, 0.1) is 12.1 Å². The molecule has 0 aromatic heterocycles. The Kier molecular flexibility index (Phi) is 2.82. The van der Waals surface area contributed by atoms with Crippen molar-refractivity contribution in [2.24, 2.45) is 0 Å². The molecule has 1 unspecified atom stereocenters. The lowest BCUT2D eigenvalue weighted by molar-refractivity contribution is 0.127. The second kappa shape index (κ2) is 3.80. The first kappa shape index (κ1) is 10.4. The molecule has 0 aliphatic heterocycles. The Hall–Kier alpha value is -0.120. The fourth-order valence-electron chi connectivity index (χ4n) is 2.06. The van der Waals surface area contributed by atoms with Crippen LogP contribution in [0.1, 0.15) is 32.6 Å². The molecule has 2 N–H and O–H groups in total. The Labute approximate surface area is 86.5 Å². The SMILES string of the molecule is CN(CC(C)(CO)NC1CC1)C1CC1. The summed E-state index contributed by atoms with van der Waals surface area (Å²) in [6.07, 6.45) is 5.23. The quantitative estimate of drug-likeness (QED) is 0.655. The van der Waals surface area contributed by atoms with E-state index < -0.39 is 0 Å². The molecule has 2 rings (SSSR count). The third kappa shape index (κ3) is 2.69. The fraction of sp³-hybridized carbons (Fsp3) is 1.00. The van der Waals surface area contributed by atoms with Gasteiger partial charge in [-0.3, -0.25) is 0 Å². The molecule has 14 heavy (non-hydrogen) atoms. The molecule has 3 nitrogen and oxygen atoms in total. The fourth-order valence-corrected chi connectivity index (χ4v) is 2.06. The minimum Gasteiger partial charge on any atom is -0.394 e. The van der Waals surface area contributed by atoms with Crippen molar-refractivity contribution in [3.8, 4) is 0 Å². The molecule has 0 bridgehead atoms. The van der Waals surface area contributed by atoms with E-state index in [4.69, 9.17) is 0 Å². The van der Waals surface area contributed by atoms with E-state index in [0.29, 0.717) is 6.04 Å². The van der Waals surface area contributed by atoms with Crippen LogP contribution in [0.3, 0.4) is 0 Å². The first-order valence-corrected chi connectivity index (χ1v) is 5.72. The van der Waals surface area contributed by atoms with Gasteiger partial charge < -0.3 is 15.3 Å². The summed E-state index contributed by atoms with van der Waals surface area (Å²) < 4.78 is 0. The van der Waals surface area contributed by atoms with Crippen molar-refractivity contribution in [1.82, 2.24) is 10.2 Å². The summed E-state index contributed by atoms with van der Waals surface area (Å²) in [5, 5.41) is 13.0. The highest BCUT2D eigenvalue weighted by Crippen LogP contribution is 2.28. The standard InChI is InChI=1S/C11H22N2O/c1-11(8-14,12-9-3-4-9)7-13(2)10-5-6-10/h9-10,12,14H,3-8H2,1-2H3. The molecule has 0 spiro atoms. The summed E-state index contributed by atoms with van der Waals surface area (Å²) in [6.45, 7) is 3.33. The van der Waals surface area contributed by atoms with Crippen LogP contribution in [-0.2, 0) is 0 Å². The molecule has 0 aromatic carbocycles. The van der Waals surface area contributed by atoms with Gasteiger partial charge in [-0.1, -0.05) is 0 Å². The number of aliphatic hydroxyl groups excluding tert-OH is 1. The van der Waals surface area contributed by atoms with Crippen LogP contribution in [0.4, 0.5) is 0 Å². The molecule has 0 aromatic rings. The maximum atomic E-state index is 9.42. The van der Waals surface area contributed by atoms with Gasteiger partial charge >= 0.3 is 0 Å². The van der Waals surface area contributed by atoms with Crippen molar-refractivity contribution >= 4 is 0 Å². The highest BCUT2D eigenvalue weighted by molar-refractivity contribution is 4.96. The van der Waals surface area contributed by atoms with Crippen LogP contribution >= 0.6 is 0 Å². The lowest BCUT2D eigenvalue weighted by atomic mass is 10.0. The van der Waals surface area contributed by atoms with E-state index in [9.17, 15) is 5.11 Å². The Balaban J connectivity index is 1.82. The maximum Gasteiger partial charge on any atom is 0.0623 e. The van der Waals surface area contributed by atoms with E-state index in [1.54, 1.807) is 0 Å². The Morgan fingerprint density at radius 2 is 2.00 bits per heavy atom. The monoisotopic (exact) mass is 198 g/mol. The summed E-state index contributed by atoms with van der Waals surface area (Å²) in [7, 11) is 2.17. The van der Waals surface area contributed by atoms with Crippen molar-refractivity contribution in [3.05, 3.63) is 0 Å². The minimum atomic E-state index is -0.0987. The average Bonchev–Trinajstić information content (AvgIpc) is 2.98. The average molecular weight is 198 g/mol. The Bertz CT molecular complexity index is 201. The van der Waals surface area contributed by atoms with Crippen molar-refractivity contribution in [1.29, 1.82) is 0 Å². The predicted molar refractivity (Wildman–Crippen MR) is 57.3 cm³/mol. The summed E-state index contributed by atoms with van der Waals surface area (Å²) in [6, 6.07) is 1.45. The molecule has 3 heteroatoms. The van der Waals surface area contributed by atoms with Gasteiger partial charge in [0.2, 0.25) is 0 Å². The van der Waals surface area contributed by atoms with Crippen LogP contribution < -0.4 is 5.32 Å². The predicted octanol–water partition coefficient (Wildman–Crippen LogP) is 0.584. The van der Waals surface area contributed by atoms with Gasteiger partial charge in [-0.15, -0.1) is 0 Å². The Morgan fingerprint density at radius 3 is 2.43 bits per heavy atom. The topological polar surface area (TPSA) is 35.5 Å². The zero-order chi connectivity index (χ0) is 10.2. The second-order valence-electron chi connectivity index (χ2n) is 5.28. The van der Waals surface area contributed by atoms with E-state index in [-0.39, 0.29) is 12.1 Å². The zero-order valence-corrected chi connectivity index (χ0v) is 9.29. The number of rotatable bonds is 6. The molecule has 2 aliphatic carbocycles. The largest absolute Gasteiger partial charge is 0.394 e. The first-order valence-electron chi connectivity index (χ1n) is 5.72. The van der Waals surface area contributed by atoms with E-state index >= 15 is 0 Å². The van der Waals surface area contributed by atoms with Crippen molar-refractivity contribution in [3.63, 3.8) is 0 Å². The molecule has 2 aliphatic rings. The molecule has 0 radical (unpaired) electrons. The maximum absolute atomic E-state index is 9.42. The third-order valence-corrected chi connectivity index (χ3v) is 3.25. The van der Waals surface area contributed by atoms with Crippen LogP contribution in [0.15, 0.2) is 0 Å². The molecule has 0 saturated heterocycles. The van der Waals surface area contributed by atoms with Crippen LogP contribution in [0, 0.1) is 0 Å². The van der Waals surface area contributed by atoms with Crippen molar-refractivity contribution < 1.29 is 5.11 Å². The van der Waals surface area contributed by atoms with Gasteiger partial charge in [-0.2, -0.15) is 0 Å². The number of hydrogen-bond acceptors (Lipinski definition) is 3. The third-order valence-electron chi connectivity index (χ3n) is 3.25. The summed E-state index contributed by atoms with van der Waals surface area (Å²) >= 11 is 0. The van der Waals surface area contributed by atoms with E-state index in [0.717, 1.165) is 12.6 Å². The summed E-state index contributed by atoms with van der Waals surface area (Å²) in [5.41, 5.74) is -0.0987. The highest BCUT2D eigenvalue weighted by atomic mass is 16.3. The minimum absolute atomic E-state index is 0.0987. The van der Waals surface area contributed by atoms with Crippen molar-refractivity contribution in [2.75, 3.05) is 20.2 Å². The van der Waals surface area contributed by atoms with Gasteiger partial charge in [0.1, 0.15) is 0 Å². The summed E-state index contributed by atoms with van der Waals surface area (Å²) in [4.78, 5) is 2.38. The van der Waals surface area contributed by atoms with E-state index in [2.05, 4.69) is 24.2 Å². The lowest BCUT2D eigenvalue weighted by Crippen LogP contribution is -2.54.